The molecule has 1 aliphatic heterocycles. The predicted octanol–water partition coefficient (Wildman–Crippen LogP) is 4.00. The van der Waals surface area contributed by atoms with Crippen molar-refractivity contribution in [2.24, 2.45) is 17.8 Å². The SMILES string of the molecule is O=C(CCC1CC2CCCC(C2)C1)N1CCCCC1. The summed E-state index contributed by atoms with van der Waals surface area (Å²) >= 11 is 0. The first-order valence-corrected chi connectivity index (χ1v) is 8.59. The fourth-order valence-corrected chi connectivity index (χ4v) is 4.73. The molecule has 0 aromatic heterocycles. The van der Waals surface area contributed by atoms with Crippen molar-refractivity contribution in [1.29, 1.82) is 0 Å². The van der Waals surface area contributed by atoms with Crippen LogP contribution >= 0.6 is 0 Å². The average Bonchev–Trinajstić information content (AvgIpc) is 2.45. The Morgan fingerprint density at radius 3 is 2.26 bits per heavy atom. The van der Waals surface area contributed by atoms with Crippen LogP contribution in [-0.2, 0) is 4.79 Å². The van der Waals surface area contributed by atoms with Gasteiger partial charge in [0.25, 0.3) is 0 Å². The van der Waals surface area contributed by atoms with E-state index in [2.05, 4.69) is 4.90 Å². The lowest BCUT2D eigenvalue weighted by Crippen LogP contribution is -2.36. The lowest BCUT2D eigenvalue weighted by Gasteiger charge is -2.39. The third kappa shape index (κ3) is 3.52. The Bertz CT molecular complexity index is 296. The summed E-state index contributed by atoms with van der Waals surface area (Å²) in [6, 6.07) is 0. The number of nitrogens with zero attached hydrogens (tertiary/aromatic N) is 1. The first-order valence-electron chi connectivity index (χ1n) is 8.59. The maximum Gasteiger partial charge on any atom is 0.222 e. The normalized spacial score (nSPS) is 35.2. The molecule has 108 valence electrons. The van der Waals surface area contributed by atoms with Gasteiger partial charge in [-0.2, -0.15) is 0 Å². The highest BCUT2D eigenvalue weighted by Gasteiger charge is 2.32. The van der Waals surface area contributed by atoms with E-state index in [0.717, 1.165) is 37.3 Å². The van der Waals surface area contributed by atoms with Crippen molar-refractivity contribution in [3.05, 3.63) is 0 Å². The molecule has 0 aromatic rings. The number of hydrogen-bond acceptors (Lipinski definition) is 1. The van der Waals surface area contributed by atoms with E-state index in [1.54, 1.807) is 0 Å². The third-order valence-corrected chi connectivity index (χ3v) is 5.70. The Labute approximate surface area is 117 Å². The summed E-state index contributed by atoms with van der Waals surface area (Å²) in [6.45, 7) is 2.05. The molecule has 0 aromatic carbocycles. The number of rotatable bonds is 3. The lowest BCUT2D eigenvalue weighted by atomic mass is 9.67. The van der Waals surface area contributed by atoms with Gasteiger partial charge in [0.05, 0.1) is 0 Å². The van der Waals surface area contributed by atoms with Crippen LogP contribution in [-0.4, -0.2) is 23.9 Å². The van der Waals surface area contributed by atoms with Crippen LogP contribution in [0.2, 0.25) is 0 Å². The largest absolute Gasteiger partial charge is 0.343 e. The minimum absolute atomic E-state index is 0.440. The van der Waals surface area contributed by atoms with Crippen LogP contribution in [0.25, 0.3) is 0 Å². The van der Waals surface area contributed by atoms with Crippen molar-refractivity contribution in [2.75, 3.05) is 13.1 Å². The van der Waals surface area contributed by atoms with Gasteiger partial charge in [-0.3, -0.25) is 4.79 Å². The molecule has 2 nitrogen and oxygen atoms in total. The van der Waals surface area contributed by atoms with Gasteiger partial charge in [-0.05, 0) is 62.7 Å². The molecular weight excluding hydrogens is 234 g/mol. The van der Waals surface area contributed by atoms with Crippen LogP contribution < -0.4 is 0 Å². The van der Waals surface area contributed by atoms with Crippen LogP contribution in [0, 0.1) is 17.8 Å². The number of carbonyl (C=O) groups is 1. The van der Waals surface area contributed by atoms with E-state index < -0.39 is 0 Å². The quantitative estimate of drug-likeness (QED) is 0.754. The van der Waals surface area contributed by atoms with Gasteiger partial charge in [-0.25, -0.2) is 0 Å². The molecule has 3 aliphatic rings. The molecule has 0 N–H and O–H groups in total. The predicted molar refractivity (Wildman–Crippen MR) is 77.8 cm³/mol. The van der Waals surface area contributed by atoms with Crippen molar-refractivity contribution < 1.29 is 4.79 Å². The molecule has 2 unspecified atom stereocenters. The highest BCUT2D eigenvalue weighted by atomic mass is 16.2. The van der Waals surface area contributed by atoms with Crippen LogP contribution in [0.15, 0.2) is 0 Å². The molecule has 0 radical (unpaired) electrons. The van der Waals surface area contributed by atoms with Gasteiger partial charge in [0, 0.05) is 19.5 Å². The molecule has 0 spiro atoms. The standard InChI is InChI=1S/C17H29NO/c19-17(18-9-2-1-3-10-18)8-7-16-12-14-5-4-6-15(11-14)13-16/h14-16H,1-13H2. The van der Waals surface area contributed by atoms with E-state index in [-0.39, 0.29) is 0 Å². The van der Waals surface area contributed by atoms with Crippen LogP contribution in [0.4, 0.5) is 0 Å². The summed E-state index contributed by atoms with van der Waals surface area (Å²) in [5, 5.41) is 0. The average molecular weight is 263 g/mol. The lowest BCUT2D eigenvalue weighted by molar-refractivity contribution is -0.132. The third-order valence-electron chi connectivity index (χ3n) is 5.70. The fourth-order valence-electron chi connectivity index (χ4n) is 4.73. The second-order valence-corrected chi connectivity index (χ2v) is 7.22. The minimum atomic E-state index is 0.440. The molecule has 3 rings (SSSR count). The van der Waals surface area contributed by atoms with E-state index in [1.807, 2.05) is 0 Å². The first kappa shape index (κ1) is 13.5. The number of piperidine rings is 1. The molecule has 2 saturated carbocycles. The maximum atomic E-state index is 12.2. The summed E-state index contributed by atoms with van der Waals surface area (Å²) < 4.78 is 0. The highest BCUT2D eigenvalue weighted by Crippen LogP contribution is 2.43. The summed E-state index contributed by atoms with van der Waals surface area (Å²) in [7, 11) is 0. The van der Waals surface area contributed by atoms with Gasteiger partial charge >= 0.3 is 0 Å². The van der Waals surface area contributed by atoms with E-state index >= 15 is 0 Å². The molecule has 1 amide bonds. The Morgan fingerprint density at radius 1 is 0.895 bits per heavy atom. The topological polar surface area (TPSA) is 20.3 Å². The van der Waals surface area contributed by atoms with Gasteiger partial charge in [-0.15, -0.1) is 0 Å². The molecule has 2 bridgehead atoms. The van der Waals surface area contributed by atoms with E-state index in [9.17, 15) is 4.79 Å². The molecular formula is C17H29NO. The van der Waals surface area contributed by atoms with E-state index in [1.165, 1.54) is 64.2 Å². The van der Waals surface area contributed by atoms with Crippen LogP contribution in [0.1, 0.15) is 70.6 Å². The Morgan fingerprint density at radius 2 is 1.58 bits per heavy atom. The number of carbonyl (C=O) groups excluding carboxylic acids is 1. The fraction of sp³-hybridized carbons (Fsp3) is 0.941. The smallest absolute Gasteiger partial charge is 0.222 e. The molecule has 1 saturated heterocycles. The Hall–Kier alpha value is -0.530. The van der Waals surface area contributed by atoms with Gasteiger partial charge < -0.3 is 4.90 Å². The van der Waals surface area contributed by atoms with Crippen molar-refractivity contribution in [3.8, 4) is 0 Å². The summed E-state index contributed by atoms with van der Waals surface area (Å²) in [6.07, 6.45) is 14.5. The molecule has 1 heterocycles. The summed E-state index contributed by atoms with van der Waals surface area (Å²) in [4.78, 5) is 14.3. The van der Waals surface area contributed by atoms with Crippen molar-refractivity contribution >= 4 is 5.91 Å². The second-order valence-electron chi connectivity index (χ2n) is 7.22. The van der Waals surface area contributed by atoms with Crippen molar-refractivity contribution in [1.82, 2.24) is 4.90 Å². The molecule has 2 aliphatic carbocycles. The zero-order valence-electron chi connectivity index (χ0n) is 12.3. The van der Waals surface area contributed by atoms with Crippen LogP contribution in [0.3, 0.4) is 0 Å². The van der Waals surface area contributed by atoms with E-state index in [0.29, 0.717) is 5.91 Å². The minimum Gasteiger partial charge on any atom is -0.343 e. The molecule has 2 atom stereocenters. The van der Waals surface area contributed by atoms with Crippen molar-refractivity contribution in [2.45, 2.75) is 70.6 Å². The zero-order chi connectivity index (χ0) is 13.1. The summed E-state index contributed by atoms with van der Waals surface area (Å²) in [5.41, 5.74) is 0. The first-order chi connectivity index (χ1) is 9.31. The second kappa shape index (κ2) is 6.28. The van der Waals surface area contributed by atoms with Crippen molar-refractivity contribution in [3.63, 3.8) is 0 Å². The van der Waals surface area contributed by atoms with E-state index in [4.69, 9.17) is 0 Å². The highest BCUT2D eigenvalue weighted by molar-refractivity contribution is 5.76. The Balaban J connectivity index is 1.42. The number of hydrogen-bond donors (Lipinski definition) is 0. The van der Waals surface area contributed by atoms with Gasteiger partial charge in [0.15, 0.2) is 0 Å². The van der Waals surface area contributed by atoms with Gasteiger partial charge in [-0.1, -0.05) is 19.3 Å². The monoisotopic (exact) mass is 263 g/mol. The zero-order valence-corrected chi connectivity index (χ0v) is 12.3. The Kier molecular flexibility index (Phi) is 4.45. The molecule has 3 fully saturated rings. The number of amides is 1. The number of fused-ring (bicyclic) bond motifs is 2. The summed E-state index contributed by atoms with van der Waals surface area (Å²) in [5.74, 6) is 3.30. The van der Waals surface area contributed by atoms with Gasteiger partial charge in [0.1, 0.15) is 0 Å². The maximum absolute atomic E-state index is 12.2. The van der Waals surface area contributed by atoms with Gasteiger partial charge in [0.2, 0.25) is 5.91 Å². The van der Waals surface area contributed by atoms with Crippen LogP contribution in [0.5, 0.6) is 0 Å². The molecule has 19 heavy (non-hydrogen) atoms. The molecule has 2 heteroatoms. The number of likely N-dealkylation sites (tertiary alicyclic amines) is 1.